The zero-order valence-electron chi connectivity index (χ0n) is 25.1. The third-order valence-corrected chi connectivity index (χ3v) is 9.42. The summed E-state index contributed by atoms with van der Waals surface area (Å²) in [5, 5.41) is 4.79. The van der Waals surface area contributed by atoms with Gasteiger partial charge in [0.25, 0.3) is 5.91 Å². The summed E-state index contributed by atoms with van der Waals surface area (Å²) < 4.78 is 30.5. The Hall–Kier alpha value is -4.45. The van der Waals surface area contributed by atoms with Gasteiger partial charge in [-0.1, -0.05) is 18.2 Å². The molecule has 5 heterocycles. The van der Waals surface area contributed by atoms with Crippen LogP contribution >= 0.6 is 0 Å². The van der Waals surface area contributed by atoms with Crippen molar-refractivity contribution in [3.05, 3.63) is 70.3 Å². The van der Waals surface area contributed by atoms with Gasteiger partial charge in [-0.2, -0.15) is 0 Å². The van der Waals surface area contributed by atoms with Gasteiger partial charge in [-0.15, -0.1) is 0 Å². The van der Waals surface area contributed by atoms with Crippen LogP contribution in [0, 0.1) is 5.82 Å². The van der Waals surface area contributed by atoms with Gasteiger partial charge in [0, 0.05) is 74.9 Å². The first kappa shape index (κ1) is 28.1. The number of pyridine rings is 1. The number of para-hydroxylation sites is 1. The molecular weight excluding hydrogens is 575 g/mol. The van der Waals surface area contributed by atoms with Crippen LogP contribution in [0.5, 0.6) is 11.5 Å². The van der Waals surface area contributed by atoms with Crippen molar-refractivity contribution in [1.82, 2.24) is 19.7 Å². The second-order valence-electron chi connectivity index (χ2n) is 12.4. The van der Waals surface area contributed by atoms with Crippen molar-refractivity contribution in [1.29, 1.82) is 0 Å². The summed E-state index contributed by atoms with van der Waals surface area (Å²) in [7, 11) is 2.12. The van der Waals surface area contributed by atoms with E-state index in [0.29, 0.717) is 42.2 Å². The van der Waals surface area contributed by atoms with Gasteiger partial charge in [-0.25, -0.2) is 4.39 Å². The number of ether oxygens (including phenoxy) is 1. The Balaban J connectivity index is 1.22. The number of benzene rings is 3. The maximum atomic E-state index is 16.0. The second-order valence-corrected chi connectivity index (χ2v) is 12.4. The highest BCUT2D eigenvalue weighted by molar-refractivity contribution is 6.07. The van der Waals surface area contributed by atoms with Gasteiger partial charge in [0.1, 0.15) is 27.9 Å². The lowest BCUT2D eigenvalue weighted by Crippen LogP contribution is -2.45. The Bertz CT molecular complexity index is 2050. The summed E-state index contributed by atoms with van der Waals surface area (Å²) in [5.74, 6) is -0.355. The van der Waals surface area contributed by atoms with Gasteiger partial charge in [0.2, 0.25) is 5.43 Å². The number of aromatic nitrogens is 1. The molecule has 2 saturated heterocycles. The number of piperazine rings is 1. The topological polar surface area (TPSA) is 109 Å². The Kier molecular flexibility index (Phi) is 6.77. The minimum atomic E-state index is -0.585. The molecule has 0 radical (unpaired) electrons. The summed E-state index contributed by atoms with van der Waals surface area (Å²) in [6, 6.07) is 12.6. The third-order valence-electron chi connectivity index (χ3n) is 9.42. The molecule has 0 spiro atoms. The number of furan rings is 1. The normalized spacial score (nSPS) is 18.6. The van der Waals surface area contributed by atoms with Crippen molar-refractivity contribution in [2.24, 2.45) is 5.73 Å². The van der Waals surface area contributed by atoms with E-state index in [0.717, 1.165) is 61.9 Å². The molecule has 0 aliphatic carbocycles. The number of likely N-dealkylation sites (N-methyl/N-ethyl adjacent to an activating group) is 1. The Labute approximate surface area is 258 Å². The molecule has 45 heavy (non-hydrogen) atoms. The third kappa shape index (κ3) is 4.73. The van der Waals surface area contributed by atoms with E-state index >= 15 is 4.39 Å². The van der Waals surface area contributed by atoms with Gasteiger partial charge in [0.15, 0.2) is 17.3 Å². The predicted octanol–water partition coefficient (Wildman–Crippen LogP) is 4.04. The first-order chi connectivity index (χ1) is 21.9. The lowest BCUT2D eigenvalue weighted by atomic mass is 10.0. The summed E-state index contributed by atoms with van der Waals surface area (Å²) in [5.41, 5.74) is 8.24. The van der Waals surface area contributed by atoms with Crippen LogP contribution in [0.1, 0.15) is 23.2 Å². The lowest BCUT2D eigenvalue weighted by molar-refractivity contribution is 0.0948. The molecule has 11 heteroatoms. The van der Waals surface area contributed by atoms with Crippen molar-refractivity contribution in [3.8, 4) is 17.2 Å². The van der Waals surface area contributed by atoms with E-state index in [-0.39, 0.29) is 28.4 Å². The number of halogens is 1. The predicted molar refractivity (Wildman–Crippen MR) is 173 cm³/mol. The van der Waals surface area contributed by atoms with Crippen LogP contribution in [-0.4, -0.2) is 85.7 Å². The molecule has 8 rings (SSSR count). The molecule has 3 N–H and O–H groups in total. The van der Waals surface area contributed by atoms with Crippen molar-refractivity contribution in [2.75, 3.05) is 64.3 Å². The molecule has 3 aromatic carbocycles. The minimum Gasteiger partial charge on any atom is -0.456 e. The summed E-state index contributed by atoms with van der Waals surface area (Å²) in [6.07, 6.45) is 3.03. The number of amides is 1. The van der Waals surface area contributed by atoms with Gasteiger partial charge >= 0.3 is 0 Å². The molecule has 3 aliphatic rings. The maximum absolute atomic E-state index is 16.0. The number of nitrogens with zero attached hydrogens (tertiary/aromatic N) is 4. The molecule has 2 aromatic heterocycles. The first-order valence-electron chi connectivity index (χ1n) is 15.6. The first-order valence-corrected chi connectivity index (χ1v) is 15.6. The van der Waals surface area contributed by atoms with Crippen molar-refractivity contribution in [3.63, 3.8) is 0 Å². The summed E-state index contributed by atoms with van der Waals surface area (Å²) in [4.78, 5) is 33.9. The van der Waals surface area contributed by atoms with Crippen LogP contribution in [0.4, 0.5) is 10.1 Å². The quantitative estimate of drug-likeness (QED) is 0.272. The standard InChI is InChI=1S/C34H35FN6O4/c1-38-11-13-39(14-12-38)9-4-8-37-34(43)24-19-41-26-17-28-22(21-5-2-3-6-27(21)44-28)16-29(26)45-33-30(41)23(32(24)42)15-25(35)31(33)40-10-7-20(36)18-40/h2-3,5-6,15-17,19-20H,4,7-14,18,36H2,1H3,(H,37,43)/t20-/m1/s1. The van der Waals surface area contributed by atoms with Crippen molar-refractivity contribution < 1.29 is 18.3 Å². The van der Waals surface area contributed by atoms with Crippen LogP contribution in [0.15, 0.2) is 57.9 Å². The molecule has 1 atom stereocenters. The number of nitrogens with two attached hydrogens (primary N) is 1. The highest BCUT2D eigenvalue weighted by Crippen LogP contribution is 2.48. The monoisotopic (exact) mass is 610 g/mol. The molecule has 0 saturated carbocycles. The number of hydrogen-bond donors (Lipinski definition) is 2. The Morgan fingerprint density at radius 3 is 2.67 bits per heavy atom. The van der Waals surface area contributed by atoms with Crippen LogP contribution < -0.4 is 26.1 Å². The van der Waals surface area contributed by atoms with Crippen LogP contribution in [0.3, 0.4) is 0 Å². The molecule has 5 aromatic rings. The van der Waals surface area contributed by atoms with E-state index in [1.54, 1.807) is 10.8 Å². The summed E-state index contributed by atoms with van der Waals surface area (Å²) in [6.45, 7) is 6.38. The SMILES string of the molecule is CN1CCN(CCCNC(=O)c2cn3c4c(c(N5CC[C@@H](N)C5)c(F)cc4c2=O)Oc2cc4c(cc2-3)oc2ccccc24)CC1. The number of anilines is 1. The molecule has 232 valence electrons. The number of rotatable bonds is 6. The highest BCUT2D eigenvalue weighted by Gasteiger charge is 2.33. The molecule has 2 fully saturated rings. The van der Waals surface area contributed by atoms with E-state index in [2.05, 4.69) is 22.2 Å². The number of nitrogens with one attached hydrogen (secondary N) is 1. The van der Waals surface area contributed by atoms with Crippen LogP contribution in [0.25, 0.3) is 38.5 Å². The molecule has 10 nitrogen and oxygen atoms in total. The van der Waals surface area contributed by atoms with E-state index in [9.17, 15) is 9.59 Å². The van der Waals surface area contributed by atoms with Gasteiger partial charge in [-0.05, 0) is 44.6 Å². The fourth-order valence-electron chi connectivity index (χ4n) is 6.94. The average Bonchev–Trinajstić information content (AvgIpc) is 3.63. The molecule has 0 unspecified atom stereocenters. The fourth-order valence-corrected chi connectivity index (χ4v) is 6.94. The van der Waals surface area contributed by atoms with Crippen molar-refractivity contribution in [2.45, 2.75) is 18.9 Å². The summed E-state index contributed by atoms with van der Waals surface area (Å²) >= 11 is 0. The van der Waals surface area contributed by atoms with E-state index < -0.39 is 17.2 Å². The highest BCUT2D eigenvalue weighted by atomic mass is 19.1. The molecule has 0 bridgehead atoms. The van der Waals surface area contributed by atoms with Gasteiger partial charge < -0.3 is 39.5 Å². The Morgan fingerprint density at radius 1 is 1.04 bits per heavy atom. The molecule has 1 amide bonds. The van der Waals surface area contributed by atoms with E-state index in [1.165, 1.54) is 6.07 Å². The maximum Gasteiger partial charge on any atom is 0.256 e. The second kappa shape index (κ2) is 10.9. The van der Waals surface area contributed by atoms with Crippen LogP contribution in [-0.2, 0) is 0 Å². The lowest BCUT2D eigenvalue weighted by Gasteiger charge is -2.32. The zero-order chi connectivity index (χ0) is 30.8. The van der Waals surface area contributed by atoms with E-state index in [1.807, 2.05) is 41.3 Å². The average molecular weight is 611 g/mol. The number of carbonyl (C=O) groups is 1. The Morgan fingerprint density at radius 2 is 1.87 bits per heavy atom. The minimum absolute atomic E-state index is 0.0547. The van der Waals surface area contributed by atoms with Gasteiger partial charge in [-0.3, -0.25) is 9.59 Å². The molecular formula is C34H35FN6O4. The molecule has 3 aliphatic heterocycles. The largest absolute Gasteiger partial charge is 0.456 e. The van der Waals surface area contributed by atoms with E-state index in [4.69, 9.17) is 14.9 Å². The smallest absolute Gasteiger partial charge is 0.256 e. The number of hydrogen-bond acceptors (Lipinski definition) is 8. The van der Waals surface area contributed by atoms with Gasteiger partial charge in [0.05, 0.1) is 11.1 Å². The zero-order valence-corrected chi connectivity index (χ0v) is 25.1. The van der Waals surface area contributed by atoms with Crippen LogP contribution in [0.2, 0.25) is 0 Å². The van der Waals surface area contributed by atoms with Crippen molar-refractivity contribution >= 4 is 44.4 Å². The number of carbonyl (C=O) groups excluding carboxylic acids is 1. The number of fused-ring (bicyclic) bond motifs is 5. The fraction of sp³-hybridized carbons (Fsp3) is 0.353.